The molecule has 4 aromatic rings. The molecule has 0 saturated heterocycles. The van der Waals surface area contributed by atoms with Gasteiger partial charge in [0.05, 0.1) is 29.2 Å². The zero-order chi connectivity index (χ0) is 27.1. The van der Waals surface area contributed by atoms with Crippen LogP contribution >= 0.6 is 11.6 Å². The predicted molar refractivity (Wildman–Crippen MR) is 151 cm³/mol. The van der Waals surface area contributed by atoms with E-state index in [1.807, 2.05) is 68.4 Å². The largest absolute Gasteiger partial charge is 0.305 e. The van der Waals surface area contributed by atoms with Gasteiger partial charge in [-0.1, -0.05) is 60.1 Å². The van der Waals surface area contributed by atoms with Crippen LogP contribution in [-0.2, 0) is 6.42 Å². The van der Waals surface area contributed by atoms with E-state index < -0.39 is 5.41 Å². The molecule has 0 radical (unpaired) electrons. The van der Waals surface area contributed by atoms with E-state index >= 15 is 0 Å². The van der Waals surface area contributed by atoms with Crippen molar-refractivity contribution < 1.29 is 0 Å². The summed E-state index contributed by atoms with van der Waals surface area (Å²) >= 11 is 6.13. The van der Waals surface area contributed by atoms with E-state index in [9.17, 15) is 10.5 Å². The predicted octanol–water partition coefficient (Wildman–Crippen LogP) is 7.26. The van der Waals surface area contributed by atoms with Crippen LogP contribution in [-0.4, -0.2) is 16.0 Å². The first-order chi connectivity index (χ1) is 18.3. The lowest BCUT2D eigenvalue weighted by molar-refractivity contribution is 0.281. The van der Waals surface area contributed by atoms with Crippen molar-refractivity contribution in [3.63, 3.8) is 0 Å². The zero-order valence-electron chi connectivity index (χ0n) is 21.8. The minimum Gasteiger partial charge on any atom is -0.305 e. The van der Waals surface area contributed by atoms with Gasteiger partial charge in [-0.25, -0.2) is 9.97 Å². The summed E-state index contributed by atoms with van der Waals surface area (Å²) < 4.78 is 0. The number of rotatable bonds is 9. The second kappa shape index (κ2) is 12.0. The van der Waals surface area contributed by atoms with E-state index in [2.05, 4.69) is 52.5 Å². The molecule has 0 spiro atoms. The van der Waals surface area contributed by atoms with Crippen LogP contribution in [0.2, 0.25) is 5.02 Å². The van der Waals surface area contributed by atoms with Gasteiger partial charge >= 0.3 is 0 Å². The quantitative estimate of drug-likeness (QED) is 0.251. The molecule has 0 fully saturated rings. The van der Waals surface area contributed by atoms with Gasteiger partial charge in [-0.2, -0.15) is 10.5 Å². The Morgan fingerprint density at radius 2 is 1.58 bits per heavy atom. The van der Waals surface area contributed by atoms with Crippen molar-refractivity contribution in [1.29, 1.82) is 10.5 Å². The van der Waals surface area contributed by atoms with Crippen molar-refractivity contribution in [2.75, 3.05) is 0 Å². The van der Waals surface area contributed by atoms with Crippen molar-refractivity contribution in [2.45, 2.75) is 45.2 Å². The number of aromatic nitrogens is 2. The van der Waals surface area contributed by atoms with Gasteiger partial charge < -0.3 is 5.32 Å². The fraction of sp³-hybridized carbons (Fsp3) is 0.250. The third-order valence-corrected chi connectivity index (χ3v) is 7.25. The van der Waals surface area contributed by atoms with Gasteiger partial charge in [-0.15, -0.1) is 0 Å². The lowest BCUT2D eigenvalue weighted by Crippen LogP contribution is -2.42. The molecule has 38 heavy (non-hydrogen) atoms. The van der Waals surface area contributed by atoms with Crippen LogP contribution in [0.5, 0.6) is 0 Å². The first-order valence-electron chi connectivity index (χ1n) is 12.6. The molecule has 1 aromatic heterocycles. The molecule has 5 nitrogen and oxygen atoms in total. The molecule has 190 valence electrons. The molecule has 3 aromatic carbocycles. The average Bonchev–Trinajstić information content (AvgIpc) is 2.96. The minimum atomic E-state index is -0.676. The molecule has 1 heterocycles. The van der Waals surface area contributed by atoms with Crippen molar-refractivity contribution in [3.05, 3.63) is 119 Å². The summed E-state index contributed by atoms with van der Waals surface area (Å²) in [5, 5.41) is 24.1. The lowest BCUT2D eigenvalue weighted by Gasteiger charge is -2.36. The Kier molecular flexibility index (Phi) is 8.54. The summed E-state index contributed by atoms with van der Waals surface area (Å²) in [6.45, 7) is 6.07. The molecule has 1 N–H and O–H groups in total. The lowest BCUT2D eigenvalue weighted by atomic mass is 9.79. The topological polar surface area (TPSA) is 85.4 Å². The van der Waals surface area contributed by atoms with Crippen LogP contribution in [0.3, 0.4) is 0 Å². The van der Waals surface area contributed by atoms with Crippen molar-refractivity contribution >= 4 is 11.6 Å². The van der Waals surface area contributed by atoms with E-state index in [0.717, 1.165) is 34.2 Å². The summed E-state index contributed by atoms with van der Waals surface area (Å²) in [6.07, 6.45) is 5.85. The Morgan fingerprint density at radius 3 is 2.21 bits per heavy atom. The molecule has 0 aliphatic heterocycles. The van der Waals surface area contributed by atoms with Crippen LogP contribution in [0.25, 0.3) is 11.1 Å². The Balaban J connectivity index is 1.67. The van der Waals surface area contributed by atoms with Crippen LogP contribution in [0, 0.1) is 28.1 Å². The number of hydrogen-bond donors (Lipinski definition) is 1. The van der Waals surface area contributed by atoms with Crippen LogP contribution in [0.15, 0.2) is 91.5 Å². The van der Waals surface area contributed by atoms with Gasteiger partial charge in [0.1, 0.15) is 6.33 Å². The fourth-order valence-electron chi connectivity index (χ4n) is 4.78. The van der Waals surface area contributed by atoms with E-state index in [0.29, 0.717) is 10.6 Å². The molecule has 4 rings (SSSR count). The van der Waals surface area contributed by atoms with Crippen molar-refractivity contribution in [3.8, 4) is 23.3 Å². The Morgan fingerprint density at radius 1 is 0.895 bits per heavy atom. The average molecular weight is 520 g/mol. The highest BCUT2D eigenvalue weighted by Gasteiger charge is 2.34. The Bertz CT molecular complexity index is 1430. The smallest absolute Gasteiger partial charge is 0.115 e. The number of nitriles is 2. The molecule has 0 bridgehead atoms. The summed E-state index contributed by atoms with van der Waals surface area (Å²) in [6, 6.07) is 28.4. The summed E-state index contributed by atoms with van der Waals surface area (Å²) in [5.41, 5.74) is 5.17. The second-order valence-corrected chi connectivity index (χ2v) is 10.6. The maximum atomic E-state index is 10.1. The standard InChI is InChI=1S/C32H30ClN5/c1-22(30(16-23-7-13-29(33)14-8-23)27-6-4-5-24(15-27)17-34)38-31(32(2,3)20-35)26-11-9-25(10-12-26)28-18-36-21-37-19-28/h4-15,18-19,21-22,30-31,38H,16H2,1-3H3/t22-,30?,31-/m0/s1. The van der Waals surface area contributed by atoms with E-state index in [1.165, 1.54) is 6.33 Å². The van der Waals surface area contributed by atoms with Crippen LogP contribution in [0.1, 0.15) is 55.0 Å². The summed E-state index contributed by atoms with van der Waals surface area (Å²) in [5.74, 6) is 0.0576. The molecular weight excluding hydrogens is 490 g/mol. The molecular formula is C32H30ClN5. The number of benzene rings is 3. The highest BCUT2D eigenvalue weighted by atomic mass is 35.5. The number of nitrogens with one attached hydrogen (secondary N) is 1. The van der Waals surface area contributed by atoms with Crippen LogP contribution in [0.4, 0.5) is 0 Å². The van der Waals surface area contributed by atoms with Gasteiger partial charge in [0, 0.05) is 34.9 Å². The normalized spacial score (nSPS) is 13.6. The van der Waals surface area contributed by atoms with Gasteiger partial charge in [0.25, 0.3) is 0 Å². The molecule has 6 heteroatoms. The van der Waals surface area contributed by atoms with Gasteiger partial charge in [-0.05, 0) is 73.7 Å². The molecule has 0 aliphatic carbocycles. The first-order valence-corrected chi connectivity index (χ1v) is 13.0. The third-order valence-electron chi connectivity index (χ3n) is 6.99. The van der Waals surface area contributed by atoms with Gasteiger partial charge in [0.15, 0.2) is 0 Å². The molecule has 1 unspecified atom stereocenters. The molecule has 0 amide bonds. The summed E-state index contributed by atoms with van der Waals surface area (Å²) in [7, 11) is 0. The number of halogens is 1. The maximum absolute atomic E-state index is 10.1. The Labute approximate surface area is 229 Å². The van der Waals surface area contributed by atoms with E-state index in [1.54, 1.807) is 12.4 Å². The SMILES string of the molecule is C[C@H](N[C@@H](c1ccc(-c2cncnc2)cc1)C(C)(C)C#N)C(Cc1ccc(Cl)cc1)c1cccc(C#N)c1. The minimum absolute atomic E-state index is 0.0144. The van der Waals surface area contributed by atoms with E-state index in [4.69, 9.17) is 11.6 Å². The molecule has 0 saturated carbocycles. The van der Waals surface area contributed by atoms with Crippen LogP contribution < -0.4 is 5.32 Å². The van der Waals surface area contributed by atoms with Crippen molar-refractivity contribution in [1.82, 2.24) is 15.3 Å². The van der Waals surface area contributed by atoms with Crippen molar-refractivity contribution in [2.24, 2.45) is 5.41 Å². The first kappa shape index (κ1) is 27.0. The Hall–Kier alpha value is -4.03. The van der Waals surface area contributed by atoms with Gasteiger partial charge in [-0.3, -0.25) is 0 Å². The zero-order valence-corrected chi connectivity index (χ0v) is 22.5. The number of hydrogen-bond acceptors (Lipinski definition) is 5. The highest BCUT2D eigenvalue weighted by molar-refractivity contribution is 6.30. The highest BCUT2D eigenvalue weighted by Crippen LogP contribution is 2.36. The molecule has 0 aliphatic rings. The fourth-order valence-corrected chi connectivity index (χ4v) is 4.90. The second-order valence-electron chi connectivity index (χ2n) is 10.1. The number of nitrogens with zero attached hydrogens (tertiary/aromatic N) is 4. The monoisotopic (exact) mass is 519 g/mol. The maximum Gasteiger partial charge on any atom is 0.115 e. The third kappa shape index (κ3) is 6.45. The summed E-state index contributed by atoms with van der Waals surface area (Å²) in [4.78, 5) is 8.23. The van der Waals surface area contributed by atoms with Gasteiger partial charge in [0.2, 0.25) is 0 Å². The van der Waals surface area contributed by atoms with E-state index in [-0.39, 0.29) is 18.0 Å². The molecule has 3 atom stereocenters.